The molecule has 90 valence electrons. The van der Waals surface area contributed by atoms with Crippen molar-refractivity contribution in [3.8, 4) is 0 Å². The van der Waals surface area contributed by atoms with Crippen molar-refractivity contribution >= 4 is 28.9 Å². The van der Waals surface area contributed by atoms with Gasteiger partial charge in [0, 0.05) is 11.6 Å². The molecule has 0 spiro atoms. The second kappa shape index (κ2) is 7.00. The average Bonchev–Trinajstić information content (AvgIpc) is 2.28. The van der Waals surface area contributed by atoms with Crippen molar-refractivity contribution in [1.29, 1.82) is 0 Å². The molecule has 0 saturated carbocycles. The van der Waals surface area contributed by atoms with Crippen molar-refractivity contribution in [3.63, 3.8) is 0 Å². The van der Waals surface area contributed by atoms with Crippen molar-refractivity contribution in [2.75, 3.05) is 25.5 Å². The topological polar surface area (TPSA) is 24.1 Å². The van der Waals surface area contributed by atoms with E-state index in [2.05, 4.69) is 17.6 Å². The molecule has 0 heterocycles. The summed E-state index contributed by atoms with van der Waals surface area (Å²) in [5, 5.41) is 7.93. The van der Waals surface area contributed by atoms with Gasteiger partial charge in [-0.2, -0.15) is 0 Å². The van der Waals surface area contributed by atoms with Crippen LogP contribution in [-0.4, -0.2) is 20.1 Å². The minimum atomic E-state index is 0.597. The first-order chi connectivity index (χ1) is 7.67. The van der Waals surface area contributed by atoms with Gasteiger partial charge in [-0.1, -0.05) is 36.5 Å². The van der Waals surface area contributed by atoms with Gasteiger partial charge in [0.05, 0.1) is 10.7 Å². The van der Waals surface area contributed by atoms with Crippen LogP contribution in [0.5, 0.6) is 0 Å². The van der Waals surface area contributed by atoms with Crippen LogP contribution in [0.25, 0.3) is 0 Å². The van der Waals surface area contributed by atoms with Crippen LogP contribution < -0.4 is 10.6 Å². The normalized spacial score (nSPS) is 12.5. The van der Waals surface area contributed by atoms with Gasteiger partial charge in [0.25, 0.3) is 0 Å². The Morgan fingerprint density at radius 2 is 2.00 bits per heavy atom. The summed E-state index contributed by atoms with van der Waals surface area (Å²) in [7, 11) is 1.97. The second-order valence-corrected chi connectivity index (χ2v) is 4.68. The van der Waals surface area contributed by atoms with Gasteiger partial charge in [-0.05, 0) is 37.7 Å². The van der Waals surface area contributed by atoms with Crippen LogP contribution in [0.3, 0.4) is 0 Å². The third kappa shape index (κ3) is 4.20. The molecule has 0 aromatic heterocycles. The van der Waals surface area contributed by atoms with Crippen molar-refractivity contribution in [2.24, 2.45) is 5.92 Å². The molecule has 2 nitrogen and oxygen atoms in total. The van der Waals surface area contributed by atoms with E-state index in [4.69, 9.17) is 23.2 Å². The molecule has 1 aromatic carbocycles. The van der Waals surface area contributed by atoms with Crippen LogP contribution >= 0.6 is 23.2 Å². The fraction of sp³-hybridized carbons (Fsp3) is 0.500. The predicted molar refractivity (Wildman–Crippen MR) is 72.7 cm³/mol. The van der Waals surface area contributed by atoms with E-state index in [1.54, 1.807) is 6.07 Å². The molecular weight excluding hydrogens is 243 g/mol. The number of rotatable bonds is 6. The van der Waals surface area contributed by atoms with Gasteiger partial charge in [-0.3, -0.25) is 0 Å². The highest BCUT2D eigenvalue weighted by molar-refractivity contribution is 6.35. The van der Waals surface area contributed by atoms with Crippen LogP contribution in [0.4, 0.5) is 5.69 Å². The number of anilines is 1. The van der Waals surface area contributed by atoms with E-state index in [1.165, 1.54) is 0 Å². The minimum Gasteiger partial charge on any atom is -0.383 e. The smallest absolute Gasteiger partial charge is 0.0638 e. The Bertz CT molecular complexity index is 329. The highest BCUT2D eigenvalue weighted by atomic mass is 35.5. The zero-order chi connectivity index (χ0) is 12.0. The predicted octanol–water partition coefficient (Wildman–Crippen LogP) is 3.65. The summed E-state index contributed by atoms with van der Waals surface area (Å²) in [6.45, 7) is 4.09. The van der Waals surface area contributed by atoms with Gasteiger partial charge in [0.2, 0.25) is 0 Å². The van der Waals surface area contributed by atoms with Gasteiger partial charge in [-0.25, -0.2) is 0 Å². The summed E-state index contributed by atoms with van der Waals surface area (Å²) in [4.78, 5) is 0. The van der Waals surface area contributed by atoms with Crippen LogP contribution in [0, 0.1) is 5.92 Å². The quantitative estimate of drug-likeness (QED) is 0.816. The zero-order valence-electron chi connectivity index (χ0n) is 9.69. The lowest BCUT2D eigenvalue weighted by molar-refractivity contribution is 0.507. The molecule has 0 radical (unpaired) electrons. The third-order valence-electron chi connectivity index (χ3n) is 2.58. The van der Waals surface area contributed by atoms with Crippen molar-refractivity contribution < 1.29 is 0 Å². The lowest BCUT2D eigenvalue weighted by atomic mass is 10.1. The summed E-state index contributed by atoms with van der Waals surface area (Å²) in [5.41, 5.74) is 0.906. The maximum Gasteiger partial charge on any atom is 0.0638 e. The molecule has 1 aromatic rings. The molecule has 2 N–H and O–H groups in total. The fourth-order valence-electron chi connectivity index (χ4n) is 1.54. The molecule has 0 saturated heterocycles. The number of hydrogen-bond acceptors (Lipinski definition) is 2. The first kappa shape index (κ1) is 13.6. The Morgan fingerprint density at radius 3 is 2.62 bits per heavy atom. The maximum atomic E-state index is 6.06. The molecular formula is C12H18Cl2N2. The molecule has 1 rings (SSSR count). The second-order valence-electron chi connectivity index (χ2n) is 3.84. The standard InChI is InChI=1S/C12H18Cl2N2/c1-3-9(7-15-2)8-16-12-6-10(13)4-5-11(12)14/h4-6,9,15-16H,3,7-8H2,1-2H3. The summed E-state index contributed by atoms with van der Waals surface area (Å²) < 4.78 is 0. The average molecular weight is 261 g/mol. The van der Waals surface area contributed by atoms with Gasteiger partial charge in [0.1, 0.15) is 0 Å². The maximum absolute atomic E-state index is 6.06. The number of nitrogens with one attached hydrogen (secondary N) is 2. The van der Waals surface area contributed by atoms with E-state index in [1.807, 2.05) is 19.2 Å². The first-order valence-corrected chi connectivity index (χ1v) is 6.26. The molecule has 16 heavy (non-hydrogen) atoms. The van der Waals surface area contributed by atoms with Crippen LogP contribution in [-0.2, 0) is 0 Å². The van der Waals surface area contributed by atoms with E-state index in [-0.39, 0.29) is 0 Å². The largest absolute Gasteiger partial charge is 0.383 e. The van der Waals surface area contributed by atoms with Crippen molar-refractivity contribution in [1.82, 2.24) is 5.32 Å². The lowest BCUT2D eigenvalue weighted by Gasteiger charge is -2.16. The molecule has 0 aliphatic heterocycles. The van der Waals surface area contributed by atoms with Gasteiger partial charge in [-0.15, -0.1) is 0 Å². The van der Waals surface area contributed by atoms with E-state index in [9.17, 15) is 0 Å². The molecule has 1 atom stereocenters. The molecule has 4 heteroatoms. The van der Waals surface area contributed by atoms with Crippen molar-refractivity contribution in [3.05, 3.63) is 28.2 Å². The lowest BCUT2D eigenvalue weighted by Crippen LogP contribution is -2.24. The molecule has 0 aliphatic carbocycles. The first-order valence-electron chi connectivity index (χ1n) is 5.50. The Hall–Kier alpha value is -0.440. The Labute approximate surface area is 107 Å². The summed E-state index contributed by atoms with van der Waals surface area (Å²) in [6, 6.07) is 5.46. The minimum absolute atomic E-state index is 0.597. The Kier molecular flexibility index (Phi) is 5.96. The molecule has 0 fully saturated rings. The number of halogens is 2. The fourth-order valence-corrected chi connectivity index (χ4v) is 1.89. The highest BCUT2D eigenvalue weighted by Gasteiger charge is 2.06. The van der Waals surface area contributed by atoms with Gasteiger partial charge in [0.15, 0.2) is 0 Å². The van der Waals surface area contributed by atoms with Crippen molar-refractivity contribution in [2.45, 2.75) is 13.3 Å². The zero-order valence-corrected chi connectivity index (χ0v) is 11.2. The molecule has 0 aliphatic rings. The molecule has 0 bridgehead atoms. The van der Waals surface area contributed by atoms with E-state index < -0.39 is 0 Å². The third-order valence-corrected chi connectivity index (χ3v) is 3.14. The number of hydrogen-bond donors (Lipinski definition) is 2. The monoisotopic (exact) mass is 260 g/mol. The van der Waals surface area contributed by atoms with Crippen LogP contribution in [0.1, 0.15) is 13.3 Å². The Balaban J connectivity index is 2.55. The summed E-state index contributed by atoms with van der Waals surface area (Å²) in [5.74, 6) is 0.597. The van der Waals surface area contributed by atoms with E-state index in [0.29, 0.717) is 16.0 Å². The van der Waals surface area contributed by atoms with Crippen LogP contribution in [0.15, 0.2) is 18.2 Å². The van der Waals surface area contributed by atoms with E-state index in [0.717, 1.165) is 25.2 Å². The number of benzene rings is 1. The van der Waals surface area contributed by atoms with E-state index >= 15 is 0 Å². The summed E-state index contributed by atoms with van der Waals surface area (Å²) >= 11 is 12.0. The summed E-state index contributed by atoms with van der Waals surface area (Å²) in [6.07, 6.45) is 1.13. The molecule has 1 unspecified atom stereocenters. The SMILES string of the molecule is CCC(CNC)CNc1cc(Cl)ccc1Cl. The van der Waals surface area contributed by atoms with Crippen LogP contribution in [0.2, 0.25) is 10.0 Å². The molecule has 0 amide bonds. The highest BCUT2D eigenvalue weighted by Crippen LogP contribution is 2.25. The van der Waals surface area contributed by atoms with Gasteiger partial charge < -0.3 is 10.6 Å². The van der Waals surface area contributed by atoms with Gasteiger partial charge >= 0.3 is 0 Å². The Morgan fingerprint density at radius 1 is 1.25 bits per heavy atom.